The van der Waals surface area contributed by atoms with Gasteiger partial charge in [0.1, 0.15) is 5.75 Å². The van der Waals surface area contributed by atoms with E-state index in [9.17, 15) is 13.6 Å². The molecule has 0 spiro atoms. The lowest BCUT2D eigenvalue weighted by Crippen LogP contribution is -2.13. The lowest BCUT2D eigenvalue weighted by molar-refractivity contribution is -0.111. The molecule has 0 fully saturated rings. The van der Waals surface area contributed by atoms with Crippen LogP contribution in [0.1, 0.15) is 11.1 Å². The second-order valence-corrected chi connectivity index (χ2v) is 6.06. The molecule has 26 heavy (non-hydrogen) atoms. The van der Waals surface area contributed by atoms with Crippen LogP contribution in [0.2, 0.25) is 0 Å². The van der Waals surface area contributed by atoms with Crippen molar-refractivity contribution >= 4 is 34.0 Å². The Bertz CT molecular complexity index is 880. The molecule has 1 heterocycles. The number of rotatable bonds is 6. The third-order valence-electron chi connectivity index (χ3n) is 3.40. The molecule has 0 aliphatic carbocycles. The van der Waals surface area contributed by atoms with Gasteiger partial charge in [-0.3, -0.25) is 10.1 Å². The number of ether oxygens (including phenoxy) is 1. The Morgan fingerprint density at radius 2 is 1.85 bits per heavy atom. The maximum atomic E-state index is 12.7. The van der Waals surface area contributed by atoms with Gasteiger partial charge in [0.15, 0.2) is 5.13 Å². The standard InChI is InChI=1S/C19H14F2N2O2S/c20-18(21)25-15-8-6-13(7-9-15)12-16(14-4-2-1-3-5-14)17(24)23-19-22-10-11-26-19/h1-12,18H,(H,22,23,24). The fourth-order valence-corrected chi connectivity index (χ4v) is 2.78. The van der Waals surface area contributed by atoms with Gasteiger partial charge in [-0.2, -0.15) is 8.78 Å². The van der Waals surface area contributed by atoms with Crippen molar-refractivity contribution in [1.82, 2.24) is 4.98 Å². The molecular weight excluding hydrogens is 358 g/mol. The van der Waals surface area contributed by atoms with Crippen molar-refractivity contribution < 1.29 is 18.3 Å². The van der Waals surface area contributed by atoms with Crippen molar-refractivity contribution in [2.24, 2.45) is 0 Å². The van der Waals surface area contributed by atoms with Gasteiger partial charge in [-0.1, -0.05) is 42.5 Å². The number of anilines is 1. The van der Waals surface area contributed by atoms with Crippen LogP contribution in [0.4, 0.5) is 13.9 Å². The van der Waals surface area contributed by atoms with E-state index >= 15 is 0 Å². The van der Waals surface area contributed by atoms with Gasteiger partial charge in [-0.15, -0.1) is 11.3 Å². The number of thiazole rings is 1. The molecule has 0 atom stereocenters. The first-order valence-corrected chi connectivity index (χ1v) is 8.52. The van der Waals surface area contributed by atoms with Gasteiger partial charge in [0.05, 0.1) is 0 Å². The summed E-state index contributed by atoms with van der Waals surface area (Å²) >= 11 is 1.32. The second-order valence-electron chi connectivity index (χ2n) is 5.16. The van der Waals surface area contributed by atoms with Crippen LogP contribution in [0.3, 0.4) is 0 Å². The molecule has 7 heteroatoms. The summed E-state index contributed by atoms with van der Waals surface area (Å²) in [6, 6.07) is 15.2. The van der Waals surface area contributed by atoms with E-state index in [2.05, 4.69) is 15.0 Å². The molecule has 1 N–H and O–H groups in total. The zero-order chi connectivity index (χ0) is 18.4. The molecule has 0 unspecified atom stereocenters. The molecule has 1 aromatic heterocycles. The second kappa shape index (κ2) is 8.35. The molecule has 4 nitrogen and oxygen atoms in total. The summed E-state index contributed by atoms with van der Waals surface area (Å²) in [6.45, 7) is -2.87. The van der Waals surface area contributed by atoms with Crippen molar-refractivity contribution in [2.75, 3.05) is 5.32 Å². The molecule has 0 saturated heterocycles. The summed E-state index contributed by atoms with van der Waals surface area (Å²) in [6.07, 6.45) is 3.29. The first-order chi connectivity index (χ1) is 12.6. The number of amides is 1. The quantitative estimate of drug-likeness (QED) is 0.493. The van der Waals surface area contributed by atoms with Crippen LogP contribution in [-0.4, -0.2) is 17.5 Å². The van der Waals surface area contributed by atoms with Crippen molar-refractivity contribution in [1.29, 1.82) is 0 Å². The van der Waals surface area contributed by atoms with Crippen molar-refractivity contribution in [3.8, 4) is 5.75 Å². The third-order valence-corrected chi connectivity index (χ3v) is 4.09. The maximum absolute atomic E-state index is 12.7. The Balaban J connectivity index is 1.89. The molecule has 0 bridgehead atoms. The van der Waals surface area contributed by atoms with E-state index < -0.39 is 6.61 Å². The minimum Gasteiger partial charge on any atom is -0.435 e. The molecule has 2 aromatic carbocycles. The highest BCUT2D eigenvalue weighted by atomic mass is 32.1. The lowest BCUT2D eigenvalue weighted by Gasteiger charge is -2.09. The Hall–Kier alpha value is -3.06. The molecule has 0 radical (unpaired) electrons. The summed E-state index contributed by atoms with van der Waals surface area (Å²) in [7, 11) is 0. The first-order valence-electron chi connectivity index (χ1n) is 7.64. The summed E-state index contributed by atoms with van der Waals surface area (Å²) in [4.78, 5) is 16.7. The molecule has 0 aliphatic rings. The highest BCUT2D eigenvalue weighted by Gasteiger charge is 2.13. The van der Waals surface area contributed by atoms with E-state index in [4.69, 9.17) is 0 Å². The average Bonchev–Trinajstić information content (AvgIpc) is 3.14. The highest BCUT2D eigenvalue weighted by molar-refractivity contribution is 7.13. The minimum absolute atomic E-state index is 0.0608. The van der Waals surface area contributed by atoms with Gasteiger partial charge < -0.3 is 4.74 Å². The fourth-order valence-electron chi connectivity index (χ4n) is 2.26. The largest absolute Gasteiger partial charge is 0.435 e. The summed E-state index contributed by atoms with van der Waals surface area (Å²) in [5, 5.41) is 5.02. The highest BCUT2D eigenvalue weighted by Crippen LogP contribution is 2.23. The van der Waals surface area contributed by atoms with Crippen LogP contribution in [0.5, 0.6) is 5.75 Å². The molecule has 1 amide bonds. The number of nitrogens with one attached hydrogen (secondary N) is 1. The fraction of sp³-hybridized carbons (Fsp3) is 0.0526. The van der Waals surface area contributed by atoms with Crippen LogP contribution in [-0.2, 0) is 4.79 Å². The van der Waals surface area contributed by atoms with Crippen molar-refractivity contribution in [3.63, 3.8) is 0 Å². The van der Waals surface area contributed by atoms with Crippen molar-refractivity contribution in [2.45, 2.75) is 6.61 Å². The number of carbonyl (C=O) groups is 1. The number of alkyl halides is 2. The smallest absolute Gasteiger partial charge is 0.387 e. The van der Waals surface area contributed by atoms with Gasteiger partial charge in [-0.25, -0.2) is 4.98 Å². The average molecular weight is 372 g/mol. The topological polar surface area (TPSA) is 51.2 Å². The predicted octanol–water partition coefficient (Wildman–Crippen LogP) is 4.92. The number of carbonyl (C=O) groups excluding carboxylic acids is 1. The van der Waals surface area contributed by atoms with Gasteiger partial charge in [0, 0.05) is 17.2 Å². The van der Waals surface area contributed by atoms with E-state index in [1.54, 1.807) is 29.8 Å². The van der Waals surface area contributed by atoms with E-state index in [0.29, 0.717) is 16.3 Å². The Morgan fingerprint density at radius 3 is 2.46 bits per heavy atom. The monoisotopic (exact) mass is 372 g/mol. The molecule has 3 rings (SSSR count). The van der Waals surface area contributed by atoms with E-state index in [-0.39, 0.29) is 11.7 Å². The van der Waals surface area contributed by atoms with Gasteiger partial charge in [-0.05, 0) is 29.3 Å². The van der Waals surface area contributed by atoms with Crippen molar-refractivity contribution in [3.05, 3.63) is 77.3 Å². The minimum atomic E-state index is -2.87. The van der Waals surface area contributed by atoms with E-state index in [1.165, 1.54) is 23.5 Å². The Morgan fingerprint density at radius 1 is 1.12 bits per heavy atom. The zero-order valence-electron chi connectivity index (χ0n) is 13.4. The first kappa shape index (κ1) is 17.8. The van der Waals surface area contributed by atoms with Crippen LogP contribution in [0.25, 0.3) is 11.6 Å². The number of hydrogen-bond acceptors (Lipinski definition) is 4. The predicted molar refractivity (Wildman–Crippen MR) is 98.1 cm³/mol. The number of nitrogens with zero attached hydrogens (tertiary/aromatic N) is 1. The van der Waals surface area contributed by atoms with Gasteiger partial charge in [0.25, 0.3) is 5.91 Å². The number of aromatic nitrogens is 1. The Kier molecular flexibility index (Phi) is 5.70. The SMILES string of the molecule is O=C(Nc1nccs1)C(=Cc1ccc(OC(F)F)cc1)c1ccccc1. The molecule has 132 valence electrons. The van der Waals surface area contributed by atoms with E-state index in [0.717, 1.165) is 5.56 Å². The molecule has 0 saturated carbocycles. The van der Waals surface area contributed by atoms with Crippen LogP contribution in [0.15, 0.2) is 66.2 Å². The Labute approximate surface area is 152 Å². The van der Waals surface area contributed by atoms with Crippen LogP contribution in [0, 0.1) is 0 Å². The van der Waals surface area contributed by atoms with E-state index in [1.807, 2.05) is 30.3 Å². The molecular formula is C19H14F2N2O2S. The maximum Gasteiger partial charge on any atom is 0.387 e. The normalized spacial score (nSPS) is 11.4. The molecule has 3 aromatic rings. The summed E-state index contributed by atoms with van der Waals surface area (Å²) in [5.74, 6) is -0.246. The molecule has 0 aliphatic heterocycles. The number of halogens is 2. The summed E-state index contributed by atoms with van der Waals surface area (Å²) < 4.78 is 28.8. The van der Waals surface area contributed by atoms with Crippen LogP contribution >= 0.6 is 11.3 Å². The third kappa shape index (κ3) is 4.73. The summed E-state index contributed by atoms with van der Waals surface area (Å²) in [5.41, 5.74) is 1.84. The number of benzene rings is 2. The zero-order valence-corrected chi connectivity index (χ0v) is 14.2. The van der Waals surface area contributed by atoms with Gasteiger partial charge >= 0.3 is 6.61 Å². The lowest BCUT2D eigenvalue weighted by atomic mass is 10.0. The van der Waals surface area contributed by atoms with Gasteiger partial charge in [0.2, 0.25) is 0 Å². The van der Waals surface area contributed by atoms with Crippen LogP contribution < -0.4 is 10.1 Å². The number of hydrogen-bond donors (Lipinski definition) is 1.